The molecule has 0 radical (unpaired) electrons. The van der Waals surface area contributed by atoms with Gasteiger partial charge < -0.3 is 21.2 Å². The Morgan fingerprint density at radius 3 is 2.85 bits per heavy atom. The summed E-state index contributed by atoms with van der Waals surface area (Å²) in [6, 6.07) is 7.77. The highest BCUT2D eigenvalue weighted by molar-refractivity contribution is 5.96. The number of piperidine rings is 1. The van der Waals surface area contributed by atoms with Gasteiger partial charge in [0.2, 0.25) is 0 Å². The van der Waals surface area contributed by atoms with Gasteiger partial charge >= 0.3 is 0 Å². The summed E-state index contributed by atoms with van der Waals surface area (Å²) in [6.07, 6.45) is 2.62. The second kappa shape index (κ2) is 7.26. The van der Waals surface area contributed by atoms with Crippen LogP contribution in [0.5, 0.6) is 0 Å². The normalized spacial score (nSPS) is 21.1. The third-order valence-electron chi connectivity index (χ3n) is 3.84. The van der Waals surface area contributed by atoms with E-state index in [1.54, 1.807) is 0 Å². The van der Waals surface area contributed by atoms with Crippen LogP contribution in [0.25, 0.3) is 0 Å². The smallest absolute Gasteiger partial charge is 0.170 e. The third-order valence-corrected chi connectivity index (χ3v) is 3.84. The minimum absolute atomic E-state index is 0.148. The van der Waals surface area contributed by atoms with Crippen LogP contribution in [0, 0.1) is 5.92 Å². The minimum Gasteiger partial charge on any atom is -0.409 e. The Kier molecular flexibility index (Phi) is 5.38. The molecule has 1 aliphatic rings. The standard InChI is InChI=1S/C15H24N4O/c1-19-8-2-3-13(11-19)10-17-9-12-4-6-14(7-5-12)15(16)18-20/h4-7,13,17,20H,2-3,8-11H2,1H3,(H2,16,18). The first-order valence-electron chi connectivity index (χ1n) is 7.15. The quantitative estimate of drug-likeness (QED) is 0.327. The summed E-state index contributed by atoms with van der Waals surface area (Å²) < 4.78 is 0. The van der Waals surface area contributed by atoms with Gasteiger partial charge in [0.1, 0.15) is 0 Å². The van der Waals surface area contributed by atoms with Crippen molar-refractivity contribution in [3.8, 4) is 0 Å². The number of nitrogens with one attached hydrogen (secondary N) is 1. The van der Waals surface area contributed by atoms with Crippen LogP contribution in [0.2, 0.25) is 0 Å². The van der Waals surface area contributed by atoms with Crippen molar-refractivity contribution in [2.75, 3.05) is 26.7 Å². The van der Waals surface area contributed by atoms with Crippen LogP contribution in [-0.4, -0.2) is 42.6 Å². The topological polar surface area (TPSA) is 73.9 Å². The number of amidine groups is 1. The molecule has 1 unspecified atom stereocenters. The molecular formula is C15H24N4O. The Hall–Kier alpha value is -1.59. The SMILES string of the molecule is CN1CCCC(CNCc2ccc(C(N)=NO)cc2)C1. The van der Waals surface area contributed by atoms with Gasteiger partial charge in [0, 0.05) is 18.7 Å². The zero-order valence-corrected chi connectivity index (χ0v) is 12.0. The number of oxime groups is 1. The van der Waals surface area contributed by atoms with Gasteiger partial charge in [-0.3, -0.25) is 0 Å². The summed E-state index contributed by atoms with van der Waals surface area (Å²) >= 11 is 0. The van der Waals surface area contributed by atoms with Crippen LogP contribution in [0.15, 0.2) is 29.4 Å². The summed E-state index contributed by atoms with van der Waals surface area (Å²) in [7, 11) is 2.19. The lowest BCUT2D eigenvalue weighted by Gasteiger charge is -2.29. The molecule has 0 bridgehead atoms. The first kappa shape index (κ1) is 14.8. The molecule has 4 N–H and O–H groups in total. The number of hydrogen-bond donors (Lipinski definition) is 3. The zero-order valence-electron chi connectivity index (χ0n) is 12.0. The Bertz CT molecular complexity index is 444. The predicted molar refractivity (Wildman–Crippen MR) is 80.9 cm³/mol. The van der Waals surface area contributed by atoms with E-state index in [1.807, 2.05) is 24.3 Å². The number of likely N-dealkylation sites (tertiary alicyclic amines) is 1. The summed E-state index contributed by atoms with van der Waals surface area (Å²) in [4.78, 5) is 2.40. The molecule has 1 saturated heterocycles. The van der Waals surface area contributed by atoms with Crippen LogP contribution in [0.4, 0.5) is 0 Å². The van der Waals surface area contributed by atoms with E-state index in [-0.39, 0.29) is 5.84 Å². The molecule has 5 nitrogen and oxygen atoms in total. The zero-order chi connectivity index (χ0) is 14.4. The molecule has 1 fully saturated rings. The van der Waals surface area contributed by atoms with E-state index < -0.39 is 0 Å². The molecule has 0 spiro atoms. The minimum atomic E-state index is 0.148. The van der Waals surface area contributed by atoms with Crippen LogP contribution >= 0.6 is 0 Å². The fourth-order valence-electron chi connectivity index (χ4n) is 2.71. The number of rotatable bonds is 5. The molecule has 0 amide bonds. The van der Waals surface area contributed by atoms with Crippen molar-refractivity contribution in [2.24, 2.45) is 16.8 Å². The van der Waals surface area contributed by atoms with E-state index in [0.717, 1.165) is 24.6 Å². The Morgan fingerprint density at radius 1 is 1.45 bits per heavy atom. The highest BCUT2D eigenvalue weighted by Crippen LogP contribution is 2.14. The highest BCUT2D eigenvalue weighted by Gasteiger charge is 2.16. The van der Waals surface area contributed by atoms with Crippen molar-refractivity contribution >= 4 is 5.84 Å². The lowest BCUT2D eigenvalue weighted by molar-refractivity contribution is 0.206. The molecule has 0 aromatic heterocycles. The van der Waals surface area contributed by atoms with E-state index in [2.05, 4.69) is 22.4 Å². The lowest BCUT2D eigenvalue weighted by Crippen LogP contribution is -2.37. The Labute approximate surface area is 120 Å². The second-order valence-corrected chi connectivity index (χ2v) is 5.58. The molecule has 1 heterocycles. The van der Waals surface area contributed by atoms with E-state index >= 15 is 0 Å². The van der Waals surface area contributed by atoms with E-state index in [1.165, 1.54) is 31.5 Å². The molecule has 20 heavy (non-hydrogen) atoms. The monoisotopic (exact) mass is 276 g/mol. The van der Waals surface area contributed by atoms with Crippen molar-refractivity contribution in [3.05, 3.63) is 35.4 Å². The van der Waals surface area contributed by atoms with Crippen molar-refractivity contribution in [2.45, 2.75) is 19.4 Å². The summed E-state index contributed by atoms with van der Waals surface area (Å²) in [5.41, 5.74) is 7.49. The Balaban J connectivity index is 1.76. The molecule has 0 aliphatic carbocycles. The maximum Gasteiger partial charge on any atom is 0.170 e. The number of hydrogen-bond acceptors (Lipinski definition) is 4. The predicted octanol–water partition coefficient (Wildman–Crippen LogP) is 1.21. The molecule has 1 atom stereocenters. The third kappa shape index (κ3) is 4.21. The molecule has 1 aromatic rings. The number of benzene rings is 1. The maximum absolute atomic E-state index is 8.61. The van der Waals surface area contributed by atoms with Gasteiger partial charge in [-0.1, -0.05) is 29.4 Å². The van der Waals surface area contributed by atoms with Crippen LogP contribution < -0.4 is 11.1 Å². The van der Waals surface area contributed by atoms with Crippen molar-refractivity contribution < 1.29 is 5.21 Å². The average Bonchev–Trinajstić information content (AvgIpc) is 2.47. The van der Waals surface area contributed by atoms with E-state index in [4.69, 9.17) is 10.9 Å². The molecule has 110 valence electrons. The summed E-state index contributed by atoms with van der Waals surface area (Å²) in [6.45, 7) is 4.34. The highest BCUT2D eigenvalue weighted by atomic mass is 16.4. The van der Waals surface area contributed by atoms with E-state index in [9.17, 15) is 0 Å². The average molecular weight is 276 g/mol. The Morgan fingerprint density at radius 2 is 2.20 bits per heavy atom. The molecule has 0 saturated carbocycles. The van der Waals surface area contributed by atoms with Crippen molar-refractivity contribution in [1.29, 1.82) is 0 Å². The summed E-state index contributed by atoms with van der Waals surface area (Å²) in [5, 5.41) is 15.1. The number of nitrogens with two attached hydrogens (primary N) is 1. The molecule has 1 aliphatic heterocycles. The van der Waals surface area contributed by atoms with Gasteiger partial charge in [-0.2, -0.15) is 0 Å². The summed E-state index contributed by atoms with van der Waals surface area (Å²) in [5.74, 6) is 0.903. The van der Waals surface area contributed by atoms with Gasteiger partial charge in [0.05, 0.1) is 0 Å². The first-order valence-corrected chi connectivity index (χ1v) is 7.15. The number of nitrogens with zero attached hydrogens (tertiary/aromatic N) is 2. The van der Waals surface area contributed by atoms with Crippen LogP contribution in [-0.2, 0) is 6.54 Å². The second-order valence-electron chi connectivity index (χ2n) is 5.58. The van der Waals surface area contributed by atoms with Crippen LogP contribution in [0.3, 0.4) is 0 Å². The largest absolute Gasteiger partial charge is 0.409 e. The molecule has 5 heteroatoms. The van der Waals surface area contributed by atoms with Crippen molar-refractivity contribution in [1.82, 2.24) is 10.2 Å². The van der Waals surface area contributed by atoms with Crippen LogP contribution in [0.1, 0.15) is 24.0 Å². The fourth-order valence-corrected chi connectivity index (χ4v) is 2.71. The molecular weight excluding hydrogens is 252 g/mol. The van der Waals surface area contributed by atoms with Gasteiger partial charge in [-0.05, 0) is 44.5 Å². The van der Waals surface area contributed by atoms with Crippen molar-refractivity contribution in [3.63, 3.8) is 0 Å². The molecule has 2 rings (SSSR count). The van der Waals surface area contributed by atoms with Gasteiger partial charge in [-0.15, -0.1) is 0 Å². The van der Waals surface area contributed by atoms with Gasteiger partial charge in [-0.25, -0.2) is 0 Å². The maximum atomic E-state index is 8.61. The van der Waals surface area contributed by atoms with Gasteiger partial charge in [0.25, 0.3) is 0 Å². The van der Waals surface area contributed by atoms with E-state index in [0.29, 0.717) is 0 Å². The van der Waals surface area contributed by atoms with Gasteiger partial charge in [0.15, 0.2) is 5.84 Å². The molecule has 1 aromatic carbocycles. The lowest BCUT2D eigenvalue weighted by atomic mass is 9.98. The first-order chi connectivity index (χ1) is 9.69. The fraction of sp³-hybridized carbons (Fsp3) is 0.533.